The topological polar surface area (TPSA) is 89.3 Å². The van der Waals surface area contributed by atoms with Crippen LogP contribution in [-0.4, -0.2) is 23.2 Å². The summed E-state index contributed by atoms with van der Waals surface area (Å²) >= 11 is 0. The smallest absolute Gasteiger partial charge is 0.219 e. The summed E-state index contributed by atoms with van der Waals surface area (Å²) in [6, 6.07) is 7.30. The third kappa shape index (κ3) is 2.25. The molecule has 1 atom stereocenters. The van der Waals surface area contributed by atoms with E-state index in [4.69, 9.17) is 9.37 Å². The molecule has 7 nitrogen and oxygen atoms in total. The van der Waals surface area contributed by atoms with Crippen molar-refractivity contribution in [3.8, 4) is 5.75 Å². The molecule has 4 rings (SSSR count). The second kappa shape index (κ2) is 5.42. The Hall–Kier alpha value is -2.83. The number of rotatable bonds is 2. The van der Waals surface area contributed by atoms with E-state index in [1.54, 1.807) is 7.11 Å². The average molecular weight is 312 g/mol. The molecule has 0 bridgehead atoms. The standard InChI is InChI=1S/C16H16N4O3/c1-22-12-8-3-2-5-9(12)14-13-10(6-4-7-11(13)21)17-15-16(18-14)20-23-19-15/h2-3,5,8,14H,4,6-7H2,1H3,(H,17,19)(H,18,20). The summed E-state index contributed by atoms with van der Waals surface area (Å²) in [5.74, 6) is 1.84. The Morgan fingerprint density at radius 3 is 2.91 bits per heavy atom. The maximum absolute atomic E-state index is 12.6. The molecule has 118 valence electrons. The van der Waals surface area contributed by atoms with Crippen LogP contribution in [0.25, 0.3) is 0 Å². The van der Waals surface area contributed by atoms with Gasteiger partial charge < -0.3 is 15.4 Å². The number of anilines is 2. The number of ketones is 1. The van der Waals surface area contributed by atoms with Gasteiger partial charge in [-0.1, -0.05) is 18.2 Å². The van der Waals surface area contributed by atoms with Crippen molar-refractivity contribution in [1.82, 2.24) is 10.3 Å². The van der Waals surface area contributed by atoms with Crippen molar-refractivity contribution in [3.05, 3.63) is 41.1 Å². The molecule has 0 amide bonds. The molecule has 2 heterocycles. The minimum Gasteiger partial charge on any atom is -0.496 e. The number of Topliss-reactive ketones (excluding diaryl/α,β-unsaturated/α-hetero) is 1. The predicted molar refractivity (Wildman–Crippen MR) is 83.2 cm³/mol. The van der Waals surface area contributed by atoms with Crippen molar-refractivity contribution < 1.29 is 14.2 Å². The minimum absolute atomic E-state index is 0.129. The summed E-state index contributed by atoms with van der Waals surface area (Å²) in [4.78, 5) is 12.6. The number of fused-ring (bicyclic) bond motifs is 1. The second-order valence-corrected chi connectivity index (χ2v) is 5.57. The molecule has 1 aromatic carbocycles. The van der Waals surface area contributed by atoms with Crippen molar-refractivity contribution in [3.63, 3.8) is 0 Å². The quantitative estimate of drug-likeness (QED) is 0.881. The number of aromatic nitrogens is 2. The molecule has 0 spiro atoms. The number of methoxy groups -OCH3 is 1. The van der Waals surface area contributed by atoms with Gasteiger partial charge in [0.05, 0.1) is 13.2 Å². The van der Waals surface area contributed by atoms with Crippen LogP contribution in [0.15, 0.2) is 40.2 Å². The van der Waals surface area contributed by atoms with E-state index in [9.17, 15) is 4.79 Å². The number of hydrogen-bond donors (Lipinski definition) is 2. The monoisotopic (exact) mass is 312 g/mol. The number of nitrogens with one attached hydrogen (secondary N) is 2. The maximum atomic E-state index is 12.6. The van der Waals surface area contributed by atoms with E-state index in [0.717, 1.165) is 35.4 Å². The van der Waals surface area contributed by atoms with Gasteiger partial charge in [-0.2, -0.15) is 0 Å². The summed E-state index contributed by atoms with van der Waals surface area (Å²) in [5.41, 5.74) is 2.48. The fraction of sp³-hybridized carbons (Fsp3) is 0.312. The number of benzene rings is 1. The SMILES string of the molecule is COc1ccccc1C1Nc2nonc2NC2=C1C(=O)CCC2. The number of allylic oxidation sites excluding steroid dienone is 1. The van der Waals surface area contributed by atoms with Gasteiger partial charge in [-0.05, 0) is 29.2 Å². The molecular weight excluding hydrogens is 296 g/mol. The first kappa shape index (κ1) is 13.8. The molecule has 2 aromatic rings. The van der Waals surface area contributed by atoms with Crippen LogP contribution in [0, 0.1) is 0 Å². The molecule has 1 aliphatic heterocycles. The Bertz CT molecular complexity index is 796. The van der Waals surface area contributed by atoms with Gasteiger partial charge in [0.15, 0.2) is 5.78 Å². The Balaban J connectivity index is 1.89. The highest BCUT2D eigenvalue weighted by Crippen LogP contribution is 2.41. The van der Waals surface area contributed by atoms with Crippen molar-refractivity contribution in [2.24, 2.45) is 0 Å². The lowest BCUT2D eigenvalue weighted by molar-refractivity contribution is -0.116. The molecule has 0 fully saturated rings. The van der Waals surface area contributed by atoms with Crippen molar-refractivity contribution in [1.29, 1.82) is 0 Å². The van der Waals surface area contributed by atoms with Crippen molar-refractivity contribution in [2.45, 2.75) is 25.3 Å². The summed E-state index contributed by atoms with van der Waals surface area (Å²) in [6.07, 6.45) is 2.16. The van der Waals surface area contributed by atoms with E-state index in [-0.39, 0.29) is 11.8 Å². The highest BCUT2D eigenvalue weighted by molar-refractivity contribution is 6.00. The van der Waals surface area contributed by atoms with E-state index in [1.165, 1.54) is 0 Å². The van der Waals surface area contributed by atoms with E-state index < -0.39 is 0 Å². The van der Waals surface area contributed by atoms with E-state index in [1.807, 2.05) is 24.3 Å². The van der Waals surface area contributed by atoms with Crippen molar-refractivity contribution >= 4 is 17.4 Å². The fourth-order valence-corrected chi connectivity index (χ4v) is 3.18. The lowest BCUT2D eigenvalue weighted by atomic mass is 9.86. The van der Waals surface area contributed by atoms with Crippen molar-refractivity contribution in [2.75, 3.05) is 17.7 Å². The molecule has 1 unspecified atom stereocenters. The van der Waals surface area contributed by atoms with Crippen LogP contribution in [0.1, 0.15) is 30.9 Å². The van der Waals surface area contributed by atoms with Gasteiger partial charge in [0.2, 0.25) is 11.6 Å². The summed E-state index contributed by atoms with van der Waals surface area (Å²) in [7, 11) is 1.62. The molecule has 23 heavy (non-hydrogen) atoms. The average Bonchev–Trinajstić information content (AvgIpc) is 2.94. The maximum Gasteiger partial charge on any atom is 0.219 e. The van der Waals surface area contributed by atoms with Gasteiger partial charge >= 0.3 is 0 Å². The first-order chi connectivity index (χ1) is 11.3. The molecule has 1 aliphatic carbocycles. The van der Waals surface area contributed by atoms with Crippen LogP contribution in [0.3, 0.4) is 0 Å². The Morgan fingerprint density at radius 1 is 1.22 bits per heavy atom. The van der Waals surface area contributed by atoms with Crippen LogP contribution in [0.2, 0.25) is 0 Å². The van der Waals surface area contributed by atoms with Gasteiger partial charge in [-0.15, -0.1) is 0 Å². The third-order valence-corrected chi connectivity index (χ3v) is 4.23. The molecule has 2 N–H and O–H groups in total. The number of ether oxygens (including phenoxy) is 1. The van der Waals surface area contributed by atoms with E-state index in [0.29, 0.717) is 18.1 Å². The molecule has 0 saturated heterocycles. The molecular formula is C16H16N4O3. The highest BCUT2D eigenvalue weighted by Gasteiger charge is 2.34. The van der Waals surface area contributed by atoms with E-state index >= 15 is 0 Å². The number of carbonyl (C=O) groups is 1. The number of nitrogens with zero attached hydrogens (tertiary/aromatic N) is 2. The molecule has 2 aliphatic rings. The zero-order valence-corrected chi connectivity index (χ0v) is 12.6. The summed E-state index contributed by atoms with van der Waals surface area (Å²) in [5, 5.41) is 14.2. The first-order valence-electron chi connectivity index (χ1n) is 7.53. The minimum atomic E-state index is -0.352. The normalized spacial score (nSPS) is 20.0. The third-order valence-electron chi connectivity index (χ3n) is 4.23. The largest absolute Gasteiger partial charge is 0.496 e. The van der Waals surface area contributed by atoms with Gasteiger partial charge in [0.25, 0.3) is 0 Å². The van der Waals surface area contributed by atoms with E-state index in [2.05, 4.69) is 20.9 Å². The highest BCUT2D eigenvalue weighted by atomic mass is 16.6. The summed E-state index contributed by atoms with van der Waals surface area (Å²) < 4.78 is 10.3. The fourth-order valence-electron chi connectivity index (χ4n) is 3.18. The van der Waals surface area contributed by atoms with Crippen LogP contribution in [0.5, 0.6) is 5.75 Å². The Labute approximate surface area is 132 Å². The molecule has 7 heteroatoms. The van der Waals surface area contributed by atoms with Crippen LogP contribution in [0.4, 0.5) is 11.6 Å². The Kier molecular flexibility index (Phi) is 3.25. The van der Waals surface area contributed by atoms with Crippen LogP contribution < -0.4 is 15.4 Å². The Morgan fingerprint density at radius 2 is 2.04 bits per heavy atom. The molecule has 1 aromatic heterocycles. The second-order valence-electron chi connectivity index (χ2n) is 5.57. The first-order valence-corrected chi connectivity index (χ1v) is 7.53. The molecule has 0 radical (unpaired) electrons. The number of carbonyl (C=O) groups excluding carboxylic acids is 1. The van der Waals surface area contributed by atoms with Crippen LogP contribution >= 0.6 is 0 Å². The zero-order valence-electron chi connectivity index (χ0n) is 12.6. The summed E-state index contributed by atoms with van der Waals surface area (Å²) in [6.45, 7) is 0. The van der Waals surface area contributed by atoms with Gasteiger partial charge in [-0.3, -0.25) is 4.79 Å². The predicted octanol–water partition coefficient (Wildman–Crippen LogP) is 2.66. The number of hydrogen-bond acceptors (Lipinski definition) is 7. The van der Waals surface area contributed by atoms with Crippen LogP contribution in [-0.2, 0) is 4.79 Å². The lowest BCUT2D eigenvalue weighted by Crippen LogP contribution is -2.24. The van der Waals surface area contributed by atoms with Gasteiger partial charge in [-0.25, -0.2) is 4.63 Å². The lowest BCUT2D eigenvalue weighted by Gasteiger charge is -2.26. The zero-order chi connectivity index (χ0) is 15.8. The molecule has 0 saturated carbocycles. The van der Waals surface area contributed by atoms with Gasteiger partial charge in [0, 0.05) is 23.3 Å². The van der Waals surface area contributed by atoms with Gasteiger partial charge in [0.1, 0.15) is 5.75 Å². The number of para-hydroxylation sites is 1.